The molecule has 0 radical (unpaired) electrons. The van der Waals surface area contributed by atoms with Gasteiger partial charge in [0.25, 0.3) is 0 Å². The third-order valence-electron chi connectivity index (χ3n) is 3.14. The predicted molar refractivity (Wildman–Crippen MR) is 80.6 cm³/mol. The maximum atomic E-state index is 5.85. The number of hydrogen-bond donors (Lipinski definition) is 1. The van der Waals surface area contributed by atoms with Crippen LogP contribution in [-0.4, -0.2) is 12.6 Å². The first-order valence-corrected chi connectivity index (χ1v) is 7.43. The number of halogens is 1. The van der Waals surface area contributed by atoms with Crippen LogP contribution in [0.1, 0.15) is 38.8 Å². The minimum atomic E-state index is 0.290. The van der Waals surface area contributed by atoms with Crippen molar-refractivity contribution in [1.29, 1.82) is 0 Å². The van der Waals surface area contributed by atoms with E-state index in [0.717, 1.165) is 17.6 Å². The fourth-order valence-electron chi connectivity index (χ4n) is 1.50. The molecule has 1 N–H and O–H groups in total. The Balaban J connectivity index is 2.57. The van der Waals surface area contributed by atoms with Gasteiger partial charge in [0, 0.05) is 11.0 Å². The largest absolute Gasteiger partial charge is 0.374 e. The minimum absolute atomic E-state index is 0.290. The zero-order valence-corrected chi connectivity index (χ0v) is 13.4. The Morgan fingerprint density at radius 2 is 2.00 bits per heavy atom. The molecule has 2 nitrogen and oxygen atoms in total. The fraction of sp³-hybridized carbons (Fsp3) is 0.600. The molecule has 0 heterocycles. The molecule has 0 aromatic heterocycles. The summed E-state index contributed by atoms with van der Waals surface area (Å²) >= 11 is 3.62. The summed E-state index contributed by atoms with van der Waals surface area (Å²) in [5, 5.41) is 3.32. The van der Waals surface area contributed by atoms with Crippen LogP contribution in [0, 0.1) is 5.92 Å². The van der Waals surface area contributed by atoms with E-state index in [0.29, 0.717) is 18.6 Å². The Hall–Kier alpha value is -0.380. The van der Waals surface area contributed by atoms with Gasteiger partial charge < -0.3 is 10.1 Å². The SMILES string of the molecule is CCNCc1ccc(COC(C)C(C)C)c(Br)c1. The van der Waals surface area contributed by atoms with E-state index in [2.05, 4.69) is 67.1 Å². The maximum Gasteiger partial charge on any atom is 0.0731 e. The van der Waals surface area contributed by atoms with Crippen LogP contribution in [0.15, 0.2) is 22.7 Å². The summed E-state index contributed by atoms with van der Waals surface area (Å²) in [5.41, 5.74) is 2.51. The normalized spacial score (nSPS) is 13.0. The van der Waals surface area contributed by atoms with Crippen molar-refractivity contribution >= 4 is 15.9 Å². The van der Waals surface area contributed by atoms with Crippen LogP contribution >= 0.6 is 15.9 Å². The first-order chi connectivity index (χ1) is 8.54. The molecule has 0 amide bonds. The van der Waals surface area contributed by atoms with Gasteiger partial charge in [0.2, 0.25) is 0 Å². The standard InChI is InChI=1S/C15H24BrNO/c1-5-17-9-13-6-7-14(15(16)8-13)10-18-12(4)11(2)3/h6-8,11-12,17H,5,9-10H2,1-4H3. The molecule has 0 saturated carbocycles. The second-order valence-electron chi connectivity index (χ2n) is 4.97. The zero-order chi connectivity index (χ0) is 13.5. The van der Waals surface area contributed by atoms with Crippen molar-refractivity contribution in [2.45, 2.75) is 47.0 Å². The number of nitrogens with one attached hydrogen (secondary N) is 1. The molecule has 102 valence electrons. The van der Waals surface area contributed by atoms with Crippen molar-refractivity contribution in [3.05, 3.63) is 33.8 Å². The van der Waals surface area contributed by atoms with Gasteiger partial charge in [0.05, 0.1) is 12.7 Å². The summed E-state index contributed by atoms with van der Waals surface area (Å²) < 4.78 is 6.98. The summed E-state index contributed by atoms with van der Waals surface area (Å²) in [5.74, 6) is 0.553. The molecule has 3 heteroatoms. The summed E-state index contributed by atoms with van der Waals surface area (Å²) in [7, 11) is 0. The molecule has 1 aromatic rings. The van der Waals surface area contributed by atoms with E-state index < -0.39 is 0 Å². The van der Waals surface area contributed by atoms with E-state index >= 15 is 0 Å². The fourth-order valence-corrected chi connectivity index (χ4v) is 2.04. The Bertz CT molecular complexity index is 366. The lowest BCUT2D eigenvalue weighted by Gasteiger charge is -2.17. The van der Waals surface area contributed by atoms with Crippen molar-refractivity contribution in [1.82, 2.24) is 5.32 Å². The zero-order valence-electron chi connectivity index (χ0n) is 11.8. The lowest BCUT2D eigenvalue weighted by molar-refractivity contribution is 0.0232. The molecule has 0 saturated heterocycles. The first-order valence-electron chi connectivity index (χ1n) is 6.64. The average Bonchev–Trinajstić information content (AvgIpc) is 2.34. The van der Waals surface area contributed by atoms with E-state index in [-0.39, 0.29) is 0 Å². The predicted octanol–water partition coefficient (Wildman–Crippen LogP) is 4.12. The summed E-state index contributed by atoms with van der Waals surface area (Å²) in [6.45, 7) is 11.2. The molecule has 0 bridgehead atoms. The van der Waals surface area contributed by atoms with E-state index in [4.69, 9.17) is 4.74 Å². The van der Waals surface area contributed by atoms with Gasteiger partial charge in [0.1, 0.15) is 0 Å². The molecule has 0 aliphatic heterocycles. The van der Waals surface area contributed by atoms with Gasteiger partial charge in [-0.25, -0.2) is 0 Å². The Labute approximate surface area is 119 Å². The lowest BCUT2D eigenvalue weighted by Crippen LogP contribution is -2.15. The van der Waals surface area contributed by atoms with Crippen LogP contribution in [0.4, 0.5) is 0 Å². The van der Waals surface area contributed by atoms with Crippen molar-refractivity contribution in [2.75, 3.05) is 6.54 Å². The molecule has 1 atom stereocenters. The van der Waals surface area contributed by atoms with E-state index in [1.165, 1.54) is 11.1 Å². The Morgan fingerprint density at radius 1 is 1.28 bits per heavy atom. The second-order valence-corrected chi connectivity index (χ2v) is 5.82. The molecule has 0 aliphatic carbocycles. The molecule has 1 unspecified atom stereocenters. The van der Waals surface area contributed by atoms with Crippen molar-refractivity contribution in [3.63, 3.8) is 0 Å². The van der Waals surface area contributed by atoms with Gasteiger partial charge in [-0.05, 0) is 36.6 Å². The average molecular weight is 314 g/mol. The maximum absolute atomic E-state index is 5.85. The molecule has 1 rings (SSSR count). The van der Waals surface area contributed by atoms with Crippen LogP contribution in [0.5, 0.6) is 0 Å². The van der Waals surface area contributed by atoms with Crippen molar-refractivity contribution in [3.8, 4) is 0 Å². The molecule has 18 heavy (non-hydrogen) atoms. The molecular formula is C15H24BrNO. The van der Waals surface area contributed by atoms with Crippen LogP contribution < -0.4 is 5.32 Å². The third kappa shape index (κ3) is 5.09. The Kier molecular flexibility index (Phi) is 6.90. The van der Waals surface area contributed by atoms with E-state index in [9.17, 15) is 0 Å². The molecule has 0 aliphatic rings. The number of hydrogen-bond acceptors (Lipinski definition) is 2. The van der Waals surface area contributed by atoms with Gasteiger partial charge >= 0.3 is 0 Å². The van der Waals surface area contributed by atoms with E-state index in [1.807, 2.05) is 0 Å². The number of ether oxygens (including phenoxy) is 1. The van der Waals surface area contributed by atoms with Gasteiger partial charge in [0.15, 0.2) is 0 Å². The van der Waals surface area contributed by atoms with Crippen molar-refractivity contribution < 1.29 is 4.74 Å². The molecule has 0 spiro atoms. The summed E-state index contributed by atoms with van der Waals surface area (Å²) in [6, 6.07) is 6.47. The third-order valence-corrected chi connectivity index (χ3v) is 3.88. The topological polar surface area (TPSA) is 21.3 Å². The number of benzene rings is 1. The molecular weight excluding hydrogens is 290 g/mol. The van der Waals surface area contributed by atoms with Gasteiger partial charge in [-0.2, -0.15) is 0 Å². The number of rotatable bonds is 7. The van der Waals surface area contributed by atoms with E-state index in [1.54, 1.807) is 0 Å². The van der Waals surface area contributed by atoms with Crippen molar-refractivity contribution in [2.24, 2.45) is 5.92 Å². The smallest absolute Gasteiger partial charge is 0.0731 e. The summed E-state index contributed by atoms with van der Waals surface area (Å²) in [4.78, 5) is 0. The van der Waals surface area contributed by atoms with Gasteiger partial charge in [-0.1, -0.05) is 48.8 Å². The Morgan fingerprint density at radius 3 is 2.56 bits per heavy atom. The van der Waals surface area contributed by atoms with Crippen LogP contribution in [0.25, 0.3) is 0 Å². The van der Waals surface area contributed by atoms with Gasteiger partial charge in [-0.3, -0.25) is 0 Å². The minimum Gasteiger partial charge on any atom is -0.374 e. The second kappa shape index (κ2) is 7.93. The highest BCUT2D eigenvalue weighted by atomic mass is 79.9. The first kappa shape index (κ1) is 15.7. The highest BCUT2D eigenvalue weighted by Crippen LogP contribution is 2.21. The lowest BCUT2D eigenvalue weighted by atomic mass is 10.1. The summed E-state index contributed by atoms with van der Waals surface area (Å²) in [6.07, 6.45) is 0.290. The highest BCUT2D eigenvalue weighted by Gasteiger charge is 2.09. The monoisotopic (exact) mass is 313 g/mol. The van der Waals surface area contributed by atoms with Crippen LogP contribution in [-0.2, 0) is 17.9 Å². The van der Waals surface area contributed by atoms with Crippen LogP contribution in [0.2, 0.25) is 0 Å². The molecule has 0 fully saturated rings. The molecule has 1 aromatic carbocycles. The quantitative estimate of drug-likeness (QED) is 0.817. The highest BCUT2D eigenvalue weighted by molar-refractivity contribution is 9.10. The van der Waals surface area contributed by atoms with Gasteiger partial charge in [-0.15, -0.1) is 0 Å². The van der Waals surface area contributed by atoms with Crippen LogP contribution in [0.3, 0.4) is 0 Å².